The standard InChI is InChI=1S/C21H28O4/c1-21-9-8-16-15-6-4-14(22)10-12(15)2-5-17(16)20(21)13(11-18(21)23)3-7-19(24)25/h4,6,10,13,16-18,20,22-23H,2-3,5,7-9,11H2,1H3,(H,24,25)/t13-,16?,17?,18-,20?,21+/m0/s1. The van der Waals surface area contributed by atoms with Gasteiger partial charge in [-0.3, -0.25) is 4.79 Å². The third-order valence-electron chi connectivity index (χ3n) is 7.53. The summed E-state index contributed by atoms with van der Waals surface area (Å²) < 4.78 is 0. The van der Waals surface area contributed by atoms with Crippen molar-refractivity contribution in [1.29, 1.82) is 0 Å². The van der Waals surface area contributed by atoms with Crippen LogP contribution in [0.5, 0.6) is 5.75 Å². The number of hydrogen-bond acceptors (Lipinski definition) is 3. The Morgan fingerprint density at radius 2 is 2.12 bits per heavy atom. The van der Waals surface area contributed by atoms with Gasteiger partial charge in [-0.05, 0) is 90.9 Å². The molecular formula is C21H28O4. The summed E-state index contributed by atoms with van der Waals surface area (Å²) in [6.07, 6.45) is 5.46. The first-order chi connectivity index (χ1) is 11.9. The smallest absolute Gasteiger partial charge is 0.303 e. The topological polar surface area (TPSA) is 77.8 Å². The molecular weight excluding hydrogens is 316 g/mol. The van der Waals surface area contributed by atoms with Crippen molar-refractivity contribution >= 4 is 5.97 Å². The van der Waals surface area contributed by atoms with E-state index < -0.39 is 5.97 Å². The van der Waals surface area contributed by atoms with E-state index in [1.807, 2.05) is 6.07 Å². The molecule has 4 heteroatoms. The maximum absolute atomic E-state index is 11.1. The lowest BCUT2D eigenvalue weighted by Crippen LogP contribution is -2.45. The average molecular weight is 344 g/mol. The minimum atomic E-state index is -0.736. The van der Waals surface area contributed by atoms with Gasteiger partial charge in [0.05, 0.1) is 6.10 Å². The van der Waals surface area contributed by atoms with Gasteiger partial charge in [0.25, 0.3) is 0 Å². The van der Waals surface area contributed by atoms with Crippen molar-refractivity contribution in [2.24, 2.45) is 23.2 Å². The van der Waals surface area contributed by atoms with E-state index in [4.69, 9.17) is 5.11 Å². The van der Waals surface area contributed by atoms with Gasteiger partial charge in [-0.15, -0.1) is 0 Å². The summed E-state index contributed by atoms with van der Waals surface area (Å²) in [7, 11) is 0. The second kappa shape index (κ2) is 6.01. The second-order valence-corrected chi connectivity index (χ2v) is 8.71. The molecule has 0 aliphatic heterocycles. The fourth-order valence-electron chi connectivity index (χ4n) is 6.43. The molecule has 0 amide bonds. The summed E-state index contributed by atoms with van der Waals surface area (Å²) >= 11 is 0. The fourth-order valence-corrected chi connectivity index (χ4v) is 6.43. The van der Waals surface area contributed by atoms with Gasteiger partial charge in [0.15, 0.2) is 0 Å². The normalized spacial score (nSPS) is 39.4. The fraction of sp³-hybridized carbons (Fsp3) is 0.667. The number of fused-ring (bicyclic) bond motifs is 5. The van der Waals surface area contributed by atoms with E-state index in [0.29, 0.717) is 35.8 Å². The number of aliphatic carboxylic acids is 1. The average Bonchev–Trinajstić information content (AvgIpc) is 2.83. The number of aliphatic hydroxyl groups excluding tert-OH is 1. The van der Waals surface area contributed by atoms with Crippen LogP contribution in [0, 0.1) is 23.2 Å². The van der Waals surface area contributed by atoms with E-state index in [1.165, 1.54) is 11.1 Å². The van der Waals surface area contributed by atoms with Gasteiger partial charge in [-0.2, -0.15) is 0 Å². The highest BCUT2D eigenvalue weighted by Crippen LogP contribution is 2.63. The first-order valence-corrected chi connectivity index (χ1v) is 9.62. The molecule has 3 aliphatic rings. The van der Waals surface area contributed by atoms with Crippen LogP contribution in [-0.4, -0.2) is 27.4 Å². The minimum absolute atomic E-state index is 0.0707. The molecule has 3 N–H and O–H groups in total. The zero-order chi connectivity index (χ0) is 17.8. The van der Waals surface area contributed by atoms with Crippen LogP contribution in [0.25, 0.3) is 0 Å². The van der Waals surface area contributed by atoms with E-state index in [1.54, 1.807) is 6.07 Å². The predicted octanol–water partition coefficient (Wildman–Crippen LogP) is 3.70. The highest BCUT2D eigenvalue weighted by molar-refractivity contribution is 5.66. The van der Waals surface area contributed by atoms with Gasteiger partial charge in [0, 0.05) is 6.42 Å². The molecule has 4 nitrogen and oxygen atoms in total. The van der Waals surface area contributed by atoms with Crippen LogP contribution in [0.4, 0.5) is 0 Å². The zero-order valence-electron chi connectivity index (χ0n) is 14.8. The van der Waals surface area contributed by atoms with Crippen molar-refractivity contribution in [3.63, 3.8) is 0 Å². The predicted molar refractivity (Wildman–Crippen MR) is 94.5 cm³/mol. The third kappa shape index (κ3) is 2.66. The number of phenols is 1. The van der Waals surface area contributed by atoms with Crippen molar-refractivity contribution in [2.45, 2.75) is 63.9 Å². The Morgan fingerprint density at radius 3 is 2.88 bits per heavy atom. The molecule has 136 valence electrons. The quantitative estimate of drug-likeness (QED) is 0.781. The van der Waals surface area contributed by atoms with Gasteiger partial charge in [0.2, 0.25) is 0 Å². The van der Waals surface area contributed by atoms with E-state index in [0.717, 1.165) is 32.1 Å². The van der Waals surface area contributed by atoms with E-state index in [-0.39, 0.29) is 17.9 Å². The second-order valence-electron chi connectivity index (χ2n) is 8.71. The lowest BCUT2D eigenvalue weighted by molar-refractivity contribution is -0.137. The molecule has 0 radical (unpaired) electrons. The molecule has 3 unspecified atom stereocenters. The lowest BCUT2D eigenvalue weighted by Gasteiger charge is -2.51. The molecule has 0 aromatic heterocycles. The van der Waals surface area contributed by atoms with Crippen molar-refractivity contribution in [1.82, 2.24) is 0 Å². The molecule has 1 aromatic carbocycles. The summed E-state index contributed by atoms with van der Waals surface area (Å²) in [5.74, 6) is 1.32. The van der Waals surface area contributed by atoms with Crippen LogP contribution in [0.3, 0.4) is 0 Å². The number of aryl methyl sites for hydroxylation is 1. The number of aromatic hydroxyl groups is 1. The highest BCUT2D eigenvalue weighted by atomic mass is 16.4. The van der Waals surface area contributed by atoms with Crippen molar-refractivity contribution in [3.8, 4) is 5.75 Å². The highest BCUT2D eigenvalue weighted by Gasteiger charge is 2.58. The molecule has 4 rings (SSSR count). The van der Waals surface area contributed by atoms with Crippen LogP contribution in [-0.2, 0) is 11.2 Å². The van der Waals surface area contributed by atoms with Gasteiger partial charge in [0.1, 0.15) is 5.75 Å². The summed E-state index contributed by atoms with van der Waals surface area (Å²) in [5.41, 5.74) is 2.57. The molecule has 0 spiro atoms. The Labute approximate surface area is 148 Å². The Bertz CT molecular complexity index is 684. The zero-order valence-corrected chi connectivity index (χ0v) is 14.8. The molecule has 0 bridgehead atoms. The number of hydrogen-bond donors (Lipinski definition) is 3. The van der Waals surface area contributed by atoms with Gasteiger partial charge in [-0.1, -0.05) is 13.0 Å². The van der Waals surface area contributed by atoms with Crippen LogP contribution in [0.1, 0.15) is 62.5 Å². The first-order valence-electron chi connectivity index (χ1n) is 9.62. The molecule has 2 saturated carbocycles. The summed E-state index contributed by atoms with van der Waals surface area (Å²) in [6.45, 7) is 2.23. The maximum Gasteiger partial charge on any atom is 0.303 e. The van der Waals surface area contributed by atoms with Gasteiger partial charge < -0.3 is 15.3 Å². The molecule has 2 fully saturated rings. The molecule has 25 heavy (non-hydrogen) atoms. The molecule has 0 heterocycles. The number of phenolic OH excluding ortho intramolecular Hbond substituents is 1. The summed E-state index contributed by atoms with van der Waals surface area (Å²) in [6, 6.07) is 5.78. The number of aliphatic hydroxyl groups is 1. The SMILES string of the molecule is C[C@]12CCC3c4ccc(O)cc4CCC3C1[C@@H](CCC(=O)O)C[C@@H]2O. The number of carbonyl (C=O) groups is 1. The number of rotatable bonds is 3. The Morgan fingerprint density at radius 1 is 1.32 bits per heavy atom. The third-order valence-corrected chi connectivity index (χ3v) is 7.53. The van der Waals surface area contributed by atoms with Crippen LogP contribution in [0.2, 0.25) is 0 Å². The van der Waals surface area contributed by atoms with Crippen molar-refractivity contribution in [3.05, 3.63) is 29.3 Å². The van der Waals surface area contributed by atoms with Crippen molar-refractivity contribution in [2.75, 3.05) is 0 Å². The molecule has 6 atom stereocenters. The monoisotopic (exact) mass is 344 g/mol. The van der Waals surface area contributed by atoms with Crippen LogP contribution >= 0.6 is 0 Å². The van der Waals surface area contributed by atoms with Gasteiger partial charge in [-0.25, -0.2) is 0 Å². The van der Waals surface area contributed by atoms with Gasteiger partial charge >= 0.3 is 5.97 Å². The molecule has 1 aromatic rings. The van der Waals surface area contributed by atoms with E-state index >= 15 is 0 Å². The van der Waals surface area contributed by atoms with Crippen LogP contribution in [0.15, 0.2) is 18.2 Å². The van der Waals surface area contributed by atoms with E-state index in [2.05, 4.69) is 13.0 Å². The Balaban J connectivity index is 1.66. The first kappa shape index (κ1) is 16.9. The molecule has 0 saturated heterocycles. The Kier molecular flexibility index (Phi) is 4.06. The minimum Gasteiger partial charge on any atom is -0.508 e. The number of carboxylic acid groups (broad SMARTS) is 1. The lowest BCUT2D eigenvalue weighted by atomic mass is 9.54. The Hall–Kier alpha value is -1.55. The molecule has 3 aliphatic carbocycles. The number of benzene rings is 1. The van der Waals surface area contributed by atoms with Crippen molar-refractivity contribution < 1.29 is 20.1 Å². The summed E-state index contributed by atoms with van der Waals surface area (Å²) in [5, 5.41) is 29.6. The van der Waals surface area contributed by atoms with E-state index in [9.17, 15) is 15.0 Å². The van der Waals surface area contributed by atoms with Crippen LogP contribution < -0.4 is 0 Å². The number of carboxylic acids is 1. The summed E-state index contributed by atoms with van der Waals surface area (Å²) in [4.78, 5) is 11.1. The largest absolute Gasteiger partial charge is 0.508 e. The maximum atomic E-state index is 11.1.